The van der Waals surface area contributed by atoms with Gasteiger partial charge >= 0.3 is 5.97 Å². The number of hydrogen-bond donors (Lipinski definition) is 3. The van der Waals surface area contributed by atoms with E-state index in [0.29, 0.717) is 6.42 Å². The average molecular weight is 512 g/mol. The molecule has 4 N–H and O–H groups in total. The summed E-state index contributed by atoms with van der Waals surface area (Å²) in [5, 5.41) is 16.6. The predicted molar refractivity (Wildman–Crippen MR) is 127 cm³/mol. The molecule has 0 saturated carbocycles. The Morgan fingerprint density at radius 3 is 2.65 bits per heavy atom. The zero-order valence-corrected chi connectivity index (χ0v) is 20.1. The van der Waals surface area contributed by atoms with E-state index in [1.54, 1.807) is 0 Å². The van der Waals surface area contributed by atoms with Gasteiger partial charge in [0.1, 0.15) is 17.7 Å². The maximum Gasteiger partial charge on any atom is 0.321 e. The maximum absolute atomic E-state index is 15.3. The number of carboxylic acid groups (broad SMARTS) is 1. The molecule has 4 atom stereocenters. The van der Waals surface area contributed by atoms with Crippen molar-refractivity contribution in [3.8, 4) is 0 Å². The fraction of sp³-hybridized carbons (Fsp3) is 0.435. The lowest BCUT2D eigenvalue weighted by molar-refractivity contribution is -0.139. The Hall–Kier alpha value is -2.42. The lowest BCUT2D eigenvalue weighted by atomic mass is 9.67. The number of halogens is 4. The number of carbonyl (C=O) groups is 1. The van der Waals surface area contributed by atoms with Crippen LogP contribution in [-0.2, 0) is 10.3 Å². The van der Waals surface area contributed by atoms with E-state index in [-0.39, 0.29) is 34.1 Å². The number of aliphatic carboxylic acids is 1. The van der Waals surface area contributed by atoms with E-state index >= 15 is 8.78 Å². The predicted octanol–water partition coefficient (Wildman–Crippen LogP) is 5.75. The van der Waals surface area contributed by atoms with Crippen LogP contribution in [0.25, 0.3) is 10.4 Å². The van der Waals surface area contributed by atoms with Gasteiger partial charge in [0.2, 0.25) is 0 Å². The van der Waals surface area contributed by atoms with Crippen LogP contribution in [0.4, 0.5) is 8.78 Å². The van der Waals surface area contributed by atoms with Crippen molar-refractivity contribution in [2.75, 3.05) is 6.54 Å². The van der Waals surface area contributed by atoms with Crippen molar-refractivity contribution in [1.29, 1.82) is 0 Å². The van der Waals surface area contributed by atoms with Crippen LogP contribution in [0.1, 0.15) is 43.7 Å². The first-order chi connectivity index (χ1) is 15.9. The zero-order chi connectivity index (χ0) is 25.3. The third-order valence-corrected chi connectivity index (χ3v) is 7.02. The molecule has 11 heteroatoms. The van der Waals surface area contributed by atoms with Gasteiger partial charge in [-0.15, -0.1) is 0 Å². The van der Waals surface area contributed by atoms with Crippen molar-refractivity contribution in [3.63, 3.8) is 0 Å². The molecule has 0 radical (unpaired) electrons. The number of nitrogens with zero attached hydrogens (tertiary/aromatic N) is 3. The summed E-state index contributed by atoms with van der Waals surface area (Å²) in [7, 11) is 0. The molecule has 1 heterocycles. The third-order valence-electron chi connectivity index (χ3n) is 6.49. The van der Waals surface area contributed by atoms with Gasteiger partial charge in [-0.2, -0.15) is 0 Å². The molecule has 1 saturated heterocycles. The van der Waals surface area contributed by atoms with Crippen LogP contribution in [-0.4, -0.2) is 29.7 Å². The zero-order valence-electron chi connectivity index (χ0n) is 18.6. The molecule has 34 heavy (non-hydrogen) atoms. The molecule has 1 aliphatic heterocycles. The maximum atomic E-state index is 15.3. The van der Waals surface area contributed by atoms with Gasteiger partial charge in [0.05, 0.1) is 10.6 Å². The molecular formula is C23H25Cl2F2N5O2. The number of hydrogen-bond acceptors (Lipinski definition) is 4. The molecule has 0 amide bonds. The van der Waals surface area contributed by atoms with Crippen molar-refractivity contribution < 1.29 is 18.7 Å². The van der Waals surface area contributed by atoms with Crippen molar-refractivity contribution in [1.82, 2.24) is 5.32 Å². The Morgan fingerprint density at radius 2 is 2.03 bits per heavy atom. The highest BCUT2D eigenvalue weighted by Gasteiger charge is 2.58. The second-order valence-electron chi connectivity index (χ2n) is 9.29. The second kappa shape index (κ2) is 10.1. The van der Waals surface area contributed by atoms with Gasteiger partial charge in [-0.05, 0) is 47.6 Å². The molecule has 0 spiro atoms. The van der Waals surface area contributed by atoms with Crippen molar-refractivity contribution in [2.24, 2.45) is 16.3 Å². The van der Waals surface area contributed by atoms with Crippen molar-refractivity contribution >= 4 is 29.2 Å². The third kappa shape index (κ3) is 4.99. The van der Waals surface area contributed by atoms with Gasteiger partial charge in [-0.1, -0.05) is 60.4 Å². The van der Waals surface area contributed by atoms with Crippen molar-refractivity contribution in [3.05, 3.63) is 79.6 Å². The van der Waals surface area contributed by atoms with E-state index in [0.717, 1.165) is 6.07 Å². The fourth-order valence-electron chi connectivity index (χ4n) is 4.83. The van der Waals surface area contributed by atoms with Gasteiger partial charge < -0.3 is 10.8 Å². The van der Waals surface area contributed by atoms with Crippen LogP contribution in [0.2, 0.25) is 10.0 Å². The van der Waals surface area contributed by atoms with E-state index in [1.807, 2.05) is 13.8 Å². The standard InChI is InChI=1S/C23H25Cl2F2N5O2/c1-22(2,8-9-30-32-29)11-17-23(28,14-7-6-12(24)10-16(14)26)18(20(31-17)21(33)34)13-4-3-5-15(25)19(13)27/h3-7,10,17-18,20,31H,8-9,11,28H2,1-2H3,(H,33,34)/t17-,18-,20+,23+/m0/s1. The van der Waals surface area contributed by atoms with E-state index in [2.05, 4.69) is 15.3 Å². The minimum absolute atomic E-state index is 0.00775. The number of benzene rings is 2. The highest BCUT2D eigenvalue weighted by Crippen LogP contribution is 2.50. The monoisotopic (exact) mass is 511 g/mol. The van der Waals surface area contributed by atoms with Crippen LogP contribution < -0.4 is 11.1 Å². The largest absolute Gasteiger partial charge is 0.480 e. The quantitative estimate of drug-likeness (QED) is 0.237. The summed E-state index contributed by atoms with van der Waals surface area (Å²) in [4.78, 5) is 15.1. The Morgan fingerprint density at radius 1 is 1.32 bits per heavy atom. The number of azide groups is 1. The smallest absolute Gasteiger partial charge is 0.321 e. The minimum atomic E-state index is -1.68. The Labute approximate surface area is 205 Å². The first-order valence-electron chi connectivity index (χ1n) is 10.6. The van der Waals surface area contributed by atoms with Gasteiger partial charge in [0.25, 0.3) is 0 Å². The molecular weight excluding hydrogens is 487 g/mol. The molecule has 1 fully saturated rings. The molecule has 0 aromatic heterocycles. The molecule has 182 valence electrons. The van der Waals surface area contributed by atoms with E-state index in [1.165, 1.54) is 30.3 Å². The van der Waals surface area contributed by atoms with Crippen LogP contribution in [0.15, 0.2) is 41.5 Å². The normalized spacial score (nSPS) is 24.6. The minimum Gasteiger partial charge on any atom is -0.480 e. The van der Waals surface area contributed by atoms with Gasteiger partial charge in [-0.3, -0.25) is 10.1 Å². The highest BCUT2D eigenvalue weighted by molar-refractivity contribution is 6.31. The Bertz CT molecular complexity index is 1140. The summed E-state index contributed by atoms with van der Waals surface area (Å²) < 4.78 is 30.5. The molecule has 0 aliphatic carbocycles. The number of rotatable bonds is 8. The summed E-state index contributed by atoms with van der Waals surface area (Å²) >= 11 is 12.0. The van der Waals surface area contributed by atoms with Crippen molar-refractivity contribution in [2.45, 2.75) is 50.2 Å². The Kier molecular flexibility index (Phi) is 7.75. The topological polar surface area (TPSA) is 124 Å². The summed E-state index contributed by atoms with van der Waals surface area (Å²) in [5.41, 5.74) is 13.4. The second-order valence-corrected chi connectivity index (χ2v) is 10.1. The van der Waals surface area contributed by atoms with Crippen LogP contribution in [0, 0.1) is 17.0 Å². The molecule has 0 unspecified atom stereocenters. The first kappa shape index (κ1) is 26.2. The molecule has 2 aromatic rings. The lowest BCUT2D eigenvalue weighted by Gasteiger charge is -2.40. The number of nitrogens with two attached hydrogens (primary N) is 1. The van der Waals surface area contributed by atoms with Crippen LogP contribution in [0.5, 0.6) is 0 Å². The summed E-state index contributed by atoms with van der Waals surface area (Å²) in [6, 6.07) is 6.09. The van der Waals surface area contributed by atoms with E-state index in [9.17, 15) is 9.90 Å². The van der Waals surface area contributed by atoms with E-state index in [4.69, 9.17) is 34.5 Å². The lowest BCUT2D eigenvalue weighted by Crippen LogP contribution is -2.52. The van der Waals surface area contributed by atoms with Gasteiger partial charge in [0, 0.05) is 34.0 Å². The summed E-state index contributed by atoms with van der Waals surface area (Å²) in [6.07, 6.45) is 0.761. The van der Waals surface area contributed by atoms with Crippen LogP contribution >= 0.6 is 23.2 Å². The molecule has 2 aromatic carbocycles. The highest BCUT2D eigenvalue weighted by atomic mass is 35.5. The number of carboxylic acids is 1. The fourth-order valence-corrected chi connectivity index (χ4v) is 5.17. The summed E-state index contributed by atoms with van der Waals surface area (Å²) in [5.74, 6) is -4.00. The van der Waals surface area contributed by atoms with Crippen LogP contribution in [0.3, 0.4) is 0 Å². The number of nitrogens with one attached hydrogen (secondary N) is 1. The Balaban J connectivity index is 2.21. The summed E-state index contributed by atoms with van der Waals surface area (Å²) in [6.45, 7) is 4.03. The average Bonchev–Trinajstić information content (AvgIpc) is 3.02. The first-order valence-corrected chi connectivity index (χ1v) is 11.4. The molecule has 7 nitrogen and oxygen atoms in total. The SMILES string of the molecule is CC(C)(CCN=[N+]=[N-])C[C@@H]1N[C@@H](C(=O)O)[C@H](c2cccc(Cl)c2F)[C@@]1(N)c1ccc(Cl)cc1F. The van der Waals surface area contributed by atoms with Gasteiger partial charge in [0.15, 0.2) is 0 Å². The molecule has 1 aliphatic rings. The molecule has 0 bridgehead atoms. The van der Waals surface area contributed by atoms with E-state index < -0.39 is 46.6 Å². The van der Waals surface area contributed by atoms with Gasteiger partial charge in [-0.25, -0.2) is 8.78 Å². The molecule has 3 rings (SSSR count).